The van der Waals surface area contributed by atoms with E-state index in [4.69, 9.17) is 4.74 Å². The van der Waals surface area contributed by atoms with Gasteiger partial charge < -0.3 is 30.4 Å². The monoisotopic (exact) mass is 495 g/mol. The van der Waals surface area contributed by atoms with Gasteiger partial charge in [0.1, 0.15) is 22.7 Å². The Hall–Kier alpha value is -4.89. The zero-order chi connectivity index (χ0) is 25.6. The van der Waals surface area contributed by atoms with Crippen molar-refractivity contribution in [3.05, 3.63) is 107 Å². The molecule has 37 heavy (non-hydrogen) atoms. The van der Waals surface area contributed by atoms with Gasteiger partial charge >= 0.3 is 0 Å². The molecule has 5 aromatic rings. The molecular weight excluding hydrogens is 470 g/mol. The number of para-hydroxylation sites is 2. The van der Waals surface area contributed by atoms with Gasteiger partial charge in [0.25, 0.3) is 11.5 Å². The predicted molar refractivity (Wildman–Crippen MR) is 143 cm³/mol. The maximum absolute atomic E-state index is 12.8. The average Bonchev–Trinajstić information content (AvgIpc) is 3.36. The lowest BCUT2D eigenvalue weighted by atomic mass is 10.1. The van der Waals surface area contributed by atoms with Crippen LogP contribution in [0, 0.1) is 0 Å². The lowest BCUT2D eigenvalue weighted by Gasteiger charge is -2.14. The number of fused-ring (bicyclic) bond motifs is 1. The largest absolute Gasteiger partial charge is 0.484 e. The van der Waals surface area contributed by atoms with Crippen molar-refractivity contribution in [1.82, 2.24) is 15.0 Å². The number of amides is 1. The molecule has 5 N–H and O–H groups in total. The highest BCUT2D eigenvalue weighted by Crippen LogP contribution is 2.28. The minimum atomic E-state index is -0.760. The van der Waals surface area contributed by atoms with Gasteiger partial charge in [-0.2, -0.15) is 0 Å². The zero-order valence-corrected chi connectivity index (χ0v) is 19.8. The molecule has 3 aromatic carbocycles. The third-order valence-electron chi connectivity index (χ3n) is 5.77. The van der Waals surface area contributed by atoms with Gasteiger partial charge in [-0.15, -0.1) is 0 Å². The number of H-pyrrole nitrogens is 2. The number of benzene rings is 3. The SMILES string of the molecule is O=C(COc1ccccc1)Nc1cccc2[nH]c(-c3c(NC[C@@H](O)c4ccccc4)cc[nH]c3=O)nc12. The summed E-state index contributed by atoms with van der Waals surface area (Å²) in [5, 5.41) is 16.5. The lowest BCUT2D eigenvalue weighted by molar-refractivity contribution is -0.118. The Morgan fingerprint density at radius 3 is 2.49 bits per heavy atom. The molecular formula is C28H25N5O4. The van der Waals surface area contributed by atoms with Crippen LogP contribution in [0.1, 0.15) is 11.7 Å². The van der Waals surface area contributed by atoms with Crippen molar-refractivity contribution in [3.63, 3.8) is 0 Å². The first-order chi connectivity index (χ1) is 18.1. The Balaban J connectivity index is 1.37. The van der Waals surface area contributed by atoms with Gasteiger partial charge in [-0.25, -0.2) is 4.98 Å². The second kappa shape index (κ2) is 10.8. The highest BCUT2D eigenvalue weighted by Gasteiger charge is 2.17. The molecule has 0 aliphatic carbocycles. The molecule has 1 amide bonds. The number of carbonyl (C=O) groups is 1. The van der Waals surface area contributed by atoms with E-state index in [0.29, 0.717) is 39.5 Å². The molecule has 0 unspecified atom stereocenters. The van der Waals surface area contributed by atoms with E-state index in [9.17, 15) is 14.7 Å². The summed E-state index contributed by atoms with van der Waals surface area (Å²) in [7, 11) is 0. The Bertz CT molecular complexity index is 1560. The van der Waals surface area contributed by atoms with E-state index in [1.165, 1.54) is 6.20 Å². The Labute approximate surface area is 212 Å². The van der Waals surface area contributed by atoms with Crippen molar-refractivity contribution in [2.75, 3.05) is 23.8 Å². The van der Waals surface area contributed by atoms with Crippen molar-refractivity contribution in [3.8, 4) is 17.1 Å². The van der Waals surface area contributed by atoms with Gasteiger partial charge in [-0.3, -0.25) is 9.59 Å². The van der Waals surface area contributed by atoms with Crippen molar-refractivity contribution in [2.45, 2.75) is 6.10 Å². The Morgan fingerprint density at radius 2 is 1.70 bits per heavy atom. The molecule has 186 valence electrons. The minimum Gasteiger partial charge on any atom is -0.484 e. The Morgan fingerprint density at radius 1 is 0.946 bits per heavy atom. The van der Waals surface area contributed by atoms with Gasteiger partial charge in [-0.1, -0.05) is 54.6 Å². The highest BCUT2D eigenvalue weighted by molar-refractivity contribution is 6.01. The molecule has 0 saturated heterocycles. The zero-order valence-electron chi connectivity index (χ0n) is 19.8. The van der Waals surface area contributed by atoms with Crippen LogP contribution < -0.4 is 20.9 Å². The lowest BCUT2D eigenvalue weighted by Crippen LogP contribution is -2.20. The maximum Gasteiger partial charge on any atom is 0.262 e. The first-order valence-electron chi connectivity index (χ1n) is 11.7. The molecule has 0 saturated carbocycles. The first-order valence-corrected chi connectivity index (χ1v) is 11.7. The van der Waals surface area contributed by atoms with Gasteiger partial charge in [0.2, 0.25) is 0 Å². The van der Waals surface area contributed by atoms with Gasteiger partial charge in [0.05, 0.1) is 23.0 Å². The van der Waals surface area contributed by atoms with E-state index in [0.717, 1.165) is 5.56 Å². The fraction of sp³-hybridized carbons (Fsp3) is 0.107. The van der Waals surface area contributed by atoms with Gasteiger partial charge in [0, 0.05) is 12.7 Å². The van der Waals surface area contributed by atoms with Crippen LogP contribution in [0.2, 0.25) is 0 Å². The van der Waals surface area contributed by atoms with Crippen LogP contribution in [0.3, 0.4) is 0 Å². The first kappa shape index (κ1) is 23.8. The third-order valence-corrected chi connectivity index (χ3v) is 5.77. The quantitative estimate of drug-likeness (QED) is 0.209. The van der Waals surface area contributed by atoms with Gasteiger partial charge in [-0.05, 0) is 35.9 Å². The topological polar surface area (TPSA) is 132 Å². The number of ether oxygens (including phenoxy) is 1. The molecule has 0 spiro atoms. The number of nitrogens with one attached hydrogen (secondary N) is 4. The number of aromatic nitrogens is 3. The molecule has 2 aromatic heterocycles. The number of pyridine rings is 1. The summed E-state index contributed by atoms with van der Waals surface area (Å²) in [6.45, 7) is 0.0389. The number of imidazole rings is 1. The summed E-state index contributed by atoms with van der Waals surface area (Å²) in [6, 6.07) is 25.4. The standard InChI is InChI=1S/C28H25N5O4/c34-23(18-8-3-1-4-9-18)16-30-20-14-15-29-28(36)25(20)27-32-22-13-7-12-21(26(22)33-27)31-24(35)17-37-19-10-5-2-6-11-19/h1-15,23,34H,16-17H2,(H,31,35)(H,32,33)(H2,29,30,36)/t23-/m1/s1. The van der Waals surface area contributed by atoms with E-state index in [1.54, 1.807) is 30.3 Å². The van der Waals surface area contributed by atoms with Crippen LogP contribution in [-0.2, 0) is 4.79 Å². The maximum atomic E-state index is 12.8. The van der Waals surface area contributed by atoms with Crippen LogP contribution in [0.4, 0.5) is 11.4 Å². The molecule has 0 aliphatic heterocycles. The number of rotatable bonds is 9. The second-order valence-corrected chi connectivity index (χ2v) is 8.34. The molecule has 9 nitrogen and oxygen atoms in total. The van der Waals surface area contributed by atoms with Crippen molar-refractivity contribution in [1.29, 1.82) is 0 Å². The van der Waals surface area contributed by atoms with Crippen molar-refractivity contribution >= 4 is 28.3 Å². The number of hydrogen-bond donors (Lipinski definition) is 5. The highest BCUT2D eigenvalue weighted by atomic mass is 16.5. The Kier molecular flexibility index (Phi) is 6.95. The fourth-order valence-corrected chi connectivity index (χ4v) is 3.96. The molecule has 1 atom stereocenters. The van der Waals surface area contributed by atoms with Crippen LogP contribution in [0.15, 0.2) is 95.9 Å². The van der Waals surface area contributed by atoms with Crippen LogP contribution >= 0.6 is 0 Å². The number of hydrogen-bond acceptors (Lipinski definition) is 6. The van der Waals surface area contributed by atoms with E-state index in [-0.39, 0.29) is 24.6 Å². The molecule has 2 heterocycles. The minimum absolute atomic E-state index is 0.159. The fourth-order valence-electron chi connectivity index (χ4n) is 3.96. The summed E-state index contributed by atoms with van der Waals surface area (Å²) in [6.07, 6.45) is 0.772. The van der Waals surface area contributed by atoms with E-state index < -0.39 is 6.10 Å². The predicted octanol–water partition coefficient (Wildman–Crippen LogP) is 4.08. The summed E-state index contributed by atoms with van der Waals surface area (Å²) in [4.78, 5) is 35.8. The summed E-state index contributed by atoms with van der Waals surface area (Å²) in [5.74, 6) is 0.588. The number of nitrogens with zero attached hydrogens (tertiary/aromatic N) is 1. The molecule has 0 aliphatic rings. The van der Waals surface area contributed by atoms with Crippen LogP contribution in [-0.4, -0.2) is 39.1 Å². The van der Waals surface area contributed by atoms with E-state index >= 15 is 0 Å². The molecule has 0 bridgehead atoms. The average molecular weight is 496 g/mol. The number of aliphatic hydroxyl groups is 1. The van der Waals surface area contributed by atoms with Gasteiger partial charge in [0.15, 0.2) is 6.61 Å². The van der Waals surface area contributed by atoms with Crippen molar-refractivity contribution in [2.24, 2.45) is 0 Å². The van der Waals surface area contributed by atoms with Crippen molar-refractivity contribution < 1.29 is 14.6 Å². The second-order valence-electron chi connectivity index (χ2n) is 8.34. The van der Waals surface area contributed by atoms with E-state index in [1.807, 2.05) is 54.6 Å². The smallest absolute Gasteiger partial charge is 0.262 e. The number of carbonyl (C=O) groups excluding carboxylic acids is 1. The molecule has 0 fully saturated rings. The summed E-state index contributed by atoms with van der Waals surface area (Å²) < 4.78 is 5.52. The molecule has 9 heteroatoms. The van der Waals surface area contributed by atoms with E-state index in [2.05, 4.69) is 25.6 Å². The molecule has 0 radical (unpaired) electrons. The summed E-state index contributed by atoms with van der Waals surface area (Å²) >= 11 is 0. The molecule has 5 rings (SSSR count). The number of anilines is 2. The third kappa shape index (κ3) is 5.52. The number of aromatic amines is 2. The van der Waals surface area contributed by atoms with Crippen LogP contribution in [0.25, 0.3) is 22.4 Å². The normalized spacial score (nSPS) is 11.7. The van der Waals surface area contributed by atoms with Crippen LogP contribution in [0.5, 0.6) is 5.75 Å². The summed E-state index contributed by atoms with van der Waals surface area (Å²) in [5.41, 5.74) is 2.87. The number of aliphatic hydroxyl groups excluding tert-OH is 1.